The van der Waals surface area contributed by atoms with Crippen molar-refractivity contribution in [3.63, 3.8) is 0 Å². The lowest BCUT2D eigenvalue weighted by Gasteiger charge is -2.40. The fraction of sp³-hybridized carbons (Fsp3) is 0.345. The first kappa shape index (κ1) is 24.1. The van der Waals surface area contributed by atoms with Crippen LogP contribution in [0.3, 0.4) is 0 Å². The van der Waals surface area contributed by atoms with Crippen molar-refractivity contribution in [2.45, 2.75) is 58.0 Å². The largest absolute Gasteiger partial charge is 0.484 e. The first-order valence-electron chi connectivity index (χ1n) is 12.6. The quantitative estimate of drug-likeness (QED) is 0.598. The van der Waals surface area contributed by atoms with Crippen LogP contribution in [0.25, 0.3) is 11.6 Å². The zero-order valence-corrected chi connectivity index (χ0v) is 21.1. The number of aryl methyl sites for hydroxylation is 1. The van der Waals surface area contributed by atoms with Gasteiger partial charge in [0.25, 0.3) is 5.91 Å². The van der Waals surface area contributed by atoms with E-state index < -0.39 is 36.1 Å². The molecule has 2 aromatic rings. The van der Waals surface area contributed by atoms with E-state index in [2.05, 4.69) is 29.6 Å². The summed E-state index contributed by atoms with van der Waals surface area (Å²) in [6.07, 6.45) is 6.92. The standard InChI is InChI=1S/C29H27NO8/c1-15(31)37-22-10-9-20-21-12-23-27(36-14-35-23)28(24(21)29(33)30-25(20)26(22)38-16(2)32)34-13-17-7-8-18-5-3-4-6-19(18)11-17/h4,6-9,11-12,22,25-26H,3,5,10,13-14H2,1-2H3,(H,30,33)/t22-,25-,26-/m1/s1. The average molecular weight is 518 g/mol. The molecule has 0 spiro atoms. The van der Waals surface area contributed by atoms with Gasteiger partial charge < -0.3 is 29.0 Å². The van der Waals surface area contributed by atoms with E-state index in [1.165, 1.54) is 25.0 Å². The van der Waals surface area contributed by atoms with Gasteiger partial charge >= 0.3 is 11.9 Å². The van der Waals surface area contributed by atoms with Crippen LogP contribution in [0.5, 0.6) is 17.2 Å². The fourth-order valence-electron chi connectivity index (χ4n) is 5.54. The second-order valence-corrected chi connectivity index (χ2v) is 9.69. The van der Waals surface area contributed by atoms with Crippen LogP contribution in [0.4, 0.5) is 0 Å². The summed E-state index contributed by atoms with van der Waals surface area (Å²) >= 11 is 0. The molecule has 0 saturated heterocycles. The number of ether oxygens (including phenoxy) is 5. The van der Waals surface area contributed by atoms with Crippen LogP contribution in [0.1, 0.15) is 59.3 Å². The van der Waals surface area contributed by atoms with Gasteiger partial charge in [0.2, 0.25) is 12.5 Å². The number of carbonyl (C=O) groups is 3. The van der Waals surface area contributed by atoms with Gasteiger partial charge in [0.1, 0.15) is 12.7 Å². The summed E-state index contributed by atoms with van der Waals surface area (Å²) < 4.78 is 28.6. The monoisotopic (exact) mass is 517 g/mol. The molecule has 0 bridgehead atoms. The minimum Gasteiger partial charge on any atom is -0.484 e. The second-order valence-electron chi connectivity index (χ2n) is 9.69. The third kappa shape index (κ3) is 4.27. The highest BCUT2D eigenvalue weighted by Gasteiger charge is 2.46. The Hall–Kier alpha value is -4.27. The Morgan fingerprint density at radius 1 is 1.11 bits per heavy atom. The maximum atomic E-state index is 13.6. The normalized spacial score (nSPS) is 22.3. The smallest absolute Gasteiger partial charge is 0.303 e. The van der Waals surface area contributed by atoms with Crippen LogP contribution in [-0.2, 0) is 32.1 Å². The van der Waals surface area contributed by atoms with Crippen molar-refractivity contribution in [3.8, 4) is 17.2 Å². The van der Waals surface area contributed by atoms with Crippen LogP contribution in [-0.4, -0.2) is 42.9 Å². The molecule has 1 N–H and O–H groups in total. The summed E-state index contributed by atoms with van der Waals surface area (Å²) in [5, 5.41) is 2.94. The third-order valence-electron chi connectivity index (χ3n) is 7.13. The maximum Gasteiger partial charge on any atom is 0.303 e. The number of benzene rings is 2. The molecule has 2 aliphatic carbocycles. The average Bonchev–Trinajstić information content (AvgIpc) is 3.36. The summed E-state index contributed by atoms with van der Waals surface area (Å²) in [5.74, 6) is -0.310. The molecule has 9 nitrogen and oxygen atoms in total. The predicted octanol–water partition coefficient (Wildman–Crippen LogP) is 3.72. The van der Waals surface area contributed by atoms with E-state index in [-0.39, 0.29) is 13.4 Å². The SMILES string of the molecule is CC(=O)O[C@H]1[C@@H]2NC(=O)c3c(cc4c(c3OCc3ccc5c(c3)C=CCC5)OCO4)C2=CC[C@H]1OC(C)=O. The molecule has 9 heteroatoms. The van der Waals surface area contributed by atoms with E-state index in [0.717, 1.165) is 24.0 Å². The van der Waals surface area contributed by atoms with Gasteiger partial charge in [0.05, 0.1) is 11.6 Å². The zero-order chi connectivity index (χ0) is 26.4. The van der Waals surface area contributed by atoms with Gasteiger partial charge in [-0.05, 0) is 52.8 Å². The Labute approximate surface area is 219 Å². The number of esters is 2. The Bertz CT molecular complexity index is 1410. The van der Waals surface area contributed by atoms with Crippen molar-refractivity contribution >= 4 is 29.5 Å². The molecule has 38 heavy (non-hydrogen) atoms. The van der Waals surface area contributed by atoms with Gasteiger partial charge in [0.15, 0.2) is 17.6 Å². The summed E-state index contributed by atoms with van der Waals surface area (Å²) in [4.78, 5) is 37.1. The van der Waals surface area contributed by atoms with Crippen molar-refractivity contribution < 1.29 is 38.1 Å². The van der Waals surface area contributed by atoms with Crippen LogP contribution in [0.2, 0.25) is 0 Å². The second kappa shape index (κ2) is 9.55. The first-order valence-corrected chi connectivity index (χ1v) is 12.6. The molecular weight excluding hydrogens is 490 g/mol. The Kier molecular flexibility index (Phi) is 6.06. The number of hydrogen-bond acceptors (Lipinski definition) is 8. The van der Waals surface area contributed by atoms with Crippen LogP contribution >= 0.6 is 0 Å². The molecule has 2 aliphatic heterocycles. The molecule has 6 rings (SSSR count). The molecule has 1 amide bonds. The van der Waals surface area contributed by atoms with Crippen LogP contribution in [0.15, 0.2) is 36.4 Å². The number of rotatable bonds is 5. The van der Waals surface area contributed by atoms with E-state index in [9.17, 15) is 14.4 Å². The maximum absolute atomic E-state index is 13.6. The minimum absolute atomic E-state index is 0.00687. The highest BCUT2D eigenvalue weighted by molar-refractivity contribution is 6.07. The van der Waals surface area contributed by atoms with Crippen molar-refractivity contribution in [1.29, 1.82) is 0 Å². The molecule has 0 aromatic heterocycles. The molecular formula is C29H27NO8. The van der Waals surface area contributed by atoms with E-state index >= 15 is 0 Å². The Morgan fingerprint density at radius 2 is 1.95 bits per heavy atom. The summed E-state index contributed by atoms with van der Waals surface area (Å²) in [5.41, 5.74) is 5.09. The third-order valence-corrected chi connectivity index (χ3v) is 7.13. The lowest BCUT2D eigenvalue weighted by Crippen LogP contribution is -2.55. The molecule has 196 valence electrons. The van der Waals surface area contributed by atoms with Gasteiger partial charge in [-0.15, -0.1) is 0 Å². The topological polar surface area (TPSA) is 109 Å². The number of hydrogen-bond donors (Lipinski definition) is 1. The molecule has 0 radical (unpaired) electrons. The number of amides is 1. The van der Waals surface area contributed by atoms with Gasteiger partial charge in [-0.25, -0.2) is 0 Å². The van der Waals surface area contributed by atoms with Crippen LogP contribution < -0.4 is 19.5 Å². The lowest BCUT2D eigenvalue weighted by atomic mass is 9.80. The summed E-state index contributed by atoms with van der Waals surface area (Å²) in [6.45, 7) is 2.81. The van der Waals surface area contributed by atoms with Gasteiger partial charge in [-0.2, -0.15) is 0 Å². The van der Waals surface area contributed by atoms with Crippen molar-refractivity contribution in [2.24, 2.45) is 0 Å². The summed E-state index contributed by atoms with van der Waals surface area (Å²) in [6, 6.07) is 7.28. The zero-order valence-electron chi connectivity index (χ0n) is 21.1. The highest BCUT2D eigenvalue weighted by atomic mass is 16.7. The molecule has 4 aliphatic rings. The van der Waals surface area contributed by atoms with Crippen molar-refractivity contribution in [2.75, 3.05) is 6.79 Å². The highest BCUT2D eigenvalue weighted by Crippen LogP contribution is 2.50. The van der Waals surface area contributed by atoms with Crippen molar-refractivity contribution in [1.82, 2.24) is 5.32 Å². The van der Waals surface area contributed by atoms with Gasteiger partial charge in [0, 0.05) is 20.3 Å². The molecule has 2 heterocycles. The number of fused-ring (bicyclic) bond motifs is 5. The van der Waals surface area contributed by atoms with E-state index in [4.69, 9.17) is 23.7 Å². The molecule has 2 aromatic carbocycles. The fourth-order valence-corrected chi connectivity index (χ4v) is 5.54. The van der Waals surface area contributed by atoms with E-state index in [1.807, 2.05) is 12.1 Å². The molecule has 0 saturated carbocycles. The van der Waals surface area contributed by atoms with Crippen LogP contribution in [0, 0.1) is 0 Å². The minimum atomic E-state index is -0.883. The Balaban J connectivity index is 1.37. The van der Waals surface area contributed by atoms with E-state index in [1.54, 1.807) is 6.07 Å². The number of allylic oxidation sites excluding steroid dienone is 1. The van der Waals surface area contributed by atoms with Gasteiger partial charge in [-0.3, -0.25) is 14.4 Å². The molecule has 3 atom stereocenters. The van der Waals surface area contributed by atoms with E-state index in [0.29, 0.717) is 34.8 Å². The first-order chi connectivity index (χ1) is 18.4. The molecule has 0 unspecified atom stereocenters. The predicted molar refractivity (Wildman–Crippen MR) is 136 cm³/mol. The van der Waals surface area contributed by atoms with Gasteiger partial charge in [-0.1, -0.05) is 30.4 Å². The lowest BCUT2D eigenvalue weighted by molar-refractivity contribution is -0.166. The summed E-state index contributed by atoms with van der Waals surface area (Å²) in [7, 11) is 0. The van der Waals surface area contributed by atoms with Crippen molar-refractivity contribution in [3.05, 3.63) is 64.2 Å². The molecule has 0 fully saturated rings. The number of nitrogens with one attached hydrogen (secondary N) is 1. The number of carbonyl (C=O) groups excluding carboxylic acids is 3. The Morgan fingerprint density at radius 3 is 2.76 bits per heavy atom.